The van der Waals surface area contributed by atoms with Gasteiger partial charge in [-0.3, -0.25) is 0 Å². The number of thioether (sulfide) groups is 1. The number of rotatable bonds is 4. The van der Waals surface area contributed by atoms with E-state index in [1.807, 2.05) is 67.2 Å². The van der Waals surface area contributed by atoms with Crippen LogP contribution in [0.2, 0.25) is 0 Å². The summed E-state index contributed by atoms with van der Waals surface area (Å²) in [4.78, 5) is 3.26. The van der Waals surface area contributed by atoms with Gasteiger partial charge in [0.1, 0.15) is 0 Å². The molecule has 0 spiro atoms. The van der Waals surface area contributed by atoms with Gasteiger partial charge in [-0.2, -0.15) is 9.78 Å². The number of hydrogen-bond acceptors (Lipinski definition) is 4. The number of aromatic amines is 1. The molecule has 0 aliphatic heterocycles. The summed E-state index contributed by atoms with van der Waals surface area (Å²) in [6, 6.07) is 18.1. The predicted molar refractivity (Wildman–Crippen MR) is 98.5 cm³/mol. The van der Waals surface area contributed by atoms with Crippen LogP contribution in [0, 0.1) is 0 Å². The van der Waals surface area contributed by atoms with Crippen molar-refractivity contribution in [2.75, 3.05) is 6.26 Å². The molecule has 0 bridgehead atoms. The van der Waals surface area contributed by atoms with Gasteiger partial charge in [0.05, 0.1) is 6.21 Å². The van der Waals surface area contributed by atoms with Gasteiger partial charge in [0.2, 0.25) is 5.16 Å². The first kappa shape index (κ1) is 14.7. The third-order valence-electron chi connectivity index (χ3n) is 3.76. The third kappa shape index (κ3) is 2.61. The van der Waals surface area contributed by atoms with Crippen molar-refractivity contribution < 1.29 is 0 Å². The van der Waals surface area contributed by atoms with Crippen LogP contribution >= 0.6 is 11.8 Å². The Morgan fingerprint density at radius 2 is 1.83 bits per heavy atom. The summed E-state index contributed by atoms with van der Waals surface area (Å²) in [5.74, 6) is 0.732. The van der Waals surface area contributed by atoms with Crippen LogP contribution in [-0.2, 0) is 0 Å². The van der Waals surface area contributed by atoms with Crippen molar-refractivity contribution in [3.05, 3.63) is 66.4 Å². The molecule has 2 aromatic carbocycles. The van der Waals surface area contributed by atoms with Gasteiger partial charge in [-0.05, 0) is 12.3 Å². The minimum atomic E-state index is 0.732. The van der Waals surface area contributed by atoms with Gasteiger partial charge in [-0.15, -0.1) is 10.2 Å². The molecule has 0 saturated carbocycles. The maximum Gasteiger partial charge on any atom is 0.212 e. The molecule has 0 fully saturated rings. The van der Waals surface area contributed by atoms with Crippen LogP contribution in [0.15, 0.2) is 71.1 Å². The van der Waals surface area contributed by atoms with Crippen LogP contribution in [0.3, 0.4) is 0 Å². The zero-order valence-corrected chi connectivity index (χ0v) is 13.9. The monoisotopic (exact) mass is 333 g/mol. The molecule has 4 aromatic rings. The van der Waals surface area contributed by atoms with Crippen molar-refractivity contribution in [3.8, 4) is 11.4 Å². The van der Waals surface area contributed by atoms with E-state index in [2.05, 4.69) is 26.3 Å². The molecule has 0 aliphatic carbocycles. The summed E-state index contributed by atoms with van der Waals surface area (Å²) >= 11 is 1.52. The van der Waals surface area contributed by atoms with Crippen LogP contribution in [0.5, 0.6) is 0 Å². The molecule has 0 radical (unpaired) electrons. The van der Waals surface area contributed by atoms with Crippen molar-refractivity contribution in [2.45, 2.75) is 5.16 Å². The number of H-pyrrole nitrogens is 1. The van der Waals surface area contributed by atoms with Crippen LogP contribution in [0.4, 0.5) is 0 Å². The highest BCUT2D eigenvalue weighted by molar-refractivity contribution is 7.98. The molecule has 1 N–H and O–H groups in total. The third-order valence-corrected chi connectivity index (χ3v) is 4.38. The number of nitrogens with one attached hydrogen (secondary N) is 1. The first-order chi connectivity index (χ1) is 11.9. The van der Waals surface area contributed by atoms with E-state index in [4.69, 9.17) is 0 Å². The Morgan fingerprint density at radius 3 is 2.67 bits per heavy atom. The molecule has 118 valence electrons. The molecule has 24 heavy (non-hydrogen) atoms. The first-order valence-corrected chi connectivity index (χ1v) is 8.74. The highest BCUT2D eigenvalue weighted by atomic mass is 32.2. The molecule has 2 aromatic heterocycles. The average molecular weight is 333 g/mol. The highest BCUT2D eigenvalue weighted by Crippen LogP contribution is 2.23. The lowest BCUT2D eigenvalue weighted by Crippen LogP contribution is -1.96. The second-order valence-corrected chi connectivity index (χ2v) is 6.00. The van der Waals surface area contributed by atoms with Crippen molar-refractivity contribution in [1.29, 1.82) is 0 Å². The maximum absolute atomic E-state index is 4.63. The van der Waals surface area contributed by atoms with Crippen molar-refractivity contribution >= 4 is 28.9 Å². The van der Waals surface area contributed by atoms with E-state index in [0.717, 1.165) is 33.0 Å². The molecule has 0 saturated heterocycles. The Bertz CT molecular complexity index is 1000. The van der Waals surface area contributed by atoms with Gasteiger partial charge in [-0.1, -0.05) is 60.3 Å². The largest absolute Gasteiger partial charge is 0.361 e. The molecular weight excluding hydrogens is 318 g/mol. The van der Waals surface area contributed by atoms with E-state index in [1.165, 1.54) is 11.8 Å². The summed E-state index contributed by atoms with van der Waals surface area (Å²) in [5.41, 5.74) is 3.11. The van der Waals surface area contributed by atoms with Crippen LogP contribution in [-0.4, -0.2) is 32.3 Å². The highest BCUT2D eigenvalue weighted by Gasteiger charge is 2.12. The fourth-order valence-electron chi connectivity index (χ4n) is 2.58. The van der Waals surface area contributed by atoms with E-state index < -0.39 is 0 Å². The Kier molecular flexibility index (Phi) is 3.88. The number of para-hydroxylation sites is 1. The number of nitrogens with zero attached hydrogens (tertiary/aromatic N) is 4. The van der Waals surface area contributed by atoms with Crippen molar-refractivity contribution in [3.63, 3.8) is 0 Å². The molecule has 0 amide bonds. The normalized spacial score (nSPS) is 11.5. The molecule has 4 rings (SSSR count). The van der Waals surface area contributed by atoms with Crippen molar-refractivity contribution in [2.24, 2.45) is 5.10 Å². The van der Waals surface area contributed by atoms with Gasteiger partial charge in [0.15, 0.2) is 5.82 Å². The second-order valence-electron chi connectivity index (χ2n) is 5.22. The summed E-state index contributed by atoms with van der Waals surface area (Å²) < 4.78 is 1.78. The van der Waals surface area contributed by atoms with Crippen LogP contribution < -0.4 is 0 Å². The summed E-state index contributed by atoms with van der Waals surface area (Å²) in [5, 5.41) is 15.0. The van der Waals surface area contributed by atoms with E-state index in [0.29, 0.717) is 0 Å². The molecule has 2 heterocycles. The smallest absolute Gasteiger partial charge is 0.212 e. The van der Waals surface area contributed by atoms with Crippen molar-refractivity contribution in [1.82, 2.24) is 19.9 Å². The summed E-state index contributed by atoms with van der Waals surface area (Å²) in [6.07, 6.45) is 5.77. The van der Waals surface area contributed by atoms with Gasteiger partial charge in [0, 0.05) is 28.2 Å². The van der Waals surface area contributed by atoms with Gasteiger partial charge >= 0.3 is 0 Å². The molecule has 6 heteroatoms. The minimum absolute atomic E-state index is 0.732. The van der Waals surface area contributed by atoms with Gasteiger partial charge in [-0.25, -0.2) is 0 Å². The first-order valence-electron chi connectivity index (χ1n) is 7.52. The van der Waals surface area contributed by atoms with Gasteiger partial charge < -0.3 is 4.98 Å². The van der Waals surface area contributed by atoms with Crippen LogP contribution in [0.25, 0.3) is 22.3 Å². The lowest BCUT2D eigenvalue weighted by atomic mass is 10.2. The predicted octanol–water partition coefficient (Wildman–Crippen LogP) is 4.03. The summed E-state index contributed by atoms with van der Waals surface area (Å²) in [6.45, 7) is 0. The average Bonchev–Trinajstić information content (AvgIpc) is 3.24. The molecule has 0 atom stereocenters. The fourth-order valence-corrected chi connectivity index (χ4v) is 3.01. The summed E-state index contributed by atoms with van der Waals surface area (Å²) in [7, 11) is 0. The van der Waals surface area contributed by atoms with Gasteiger partial charge in [0.25, 0.3) is 0 Å². The Hall–Kier alpha value is -2.86. The van der Waals surface area contributed by atoms with E-state index >= 15 is 0 Å². The molecule has 0 aliphatic rings. The topological polar surface area (TPSA) is 58.9 Å². The van der Waals surface area contributed by atoms with E-state index in [-0.39, 0.29) is 0 Å². The number of aromatic nitrogens is 4. The number of hydrogen-bond donors (Lipinski definition) is 1. The van der Waals surface area contributed by atoms with E-state index in [9.17, 15) is 0 Å². The molecular formula is C18H15N5S. The lowest BCUT2D eigenvalue weighted by molar-refractivity contribution is 0.774. The SMILES string of the molecule is CSc1nnc(-c2ccccc2)n1/N=C/c1c[nH]c2ccccc12. The molecule has 0 unspecified atom stereocenters. The number of fused-ring (bicyclic) bond motifs is 1. The minimum Gasteiger partial charge on any atom is -0.361 e. The standard InChI is InChI=1S/C18H15N5S/c1-24-18-22-21-17(13-7-3-2-4-8-13)23(18)20-12-14-11-19-16-10-6-5-9-15(14)16/h2-12,19H,1H3/b20-12+. The Morgan fingerprint density at radius 1 is 1.04 bits per heavy atom. The zero-order chi connectivity index (χ0) is 16.4. The number of benzene rings is 2. The zero-order valence-electron chi connectivity index (χ0n) is 13.0. The maximum atomic E-state index is 4.63. The van der Waals surface area contributed by atoms with Crippen LogP contribution in [0.1, 0.15) is 5.56 Å². The fraction of sp³-hybridized carbons (Fsp3) is 0.0556. The lowest BCUT2D eigenvalue weighted by Gasteiger charge is -2.02. The Labute approximate surface area is 143 Å². The Balaban J connectivity index is 1.78. The molecule has 5 nitrogen and oxygen atoms in total. The van der Waals surface area contributed by atoms with E-state index in [1.54, 1.807) is 4.68 Å². The quantitative estimate of drug-likeness (QED) is 0.453. The second kappa shape index (κ2) is 6.33.